The highest BCUT2D eigenvalue weighted by atomic mass is 16.5. The Morgan fingerprint density at radius 2 is 2.13 bits per heavy atom. The van der Waals surface area contributed by atoms with Crippen molar-refractivity contribution in [2.24, 2.45) is 5.92 Å². The van der Waals surface area contributed by atoms with E-state index in [1.165, 1.54) is 0 Å². The lowest BCUT2D eigenvalue weighted by Gasteiger charge is -2.09. The Balaban J connectivity index is 2.44. The number of carbonyl (C=O) groups excluding carboxylic acids is 1. The first-order valence-electron chi connectivity index (χ1n) is 5.11. The molecule has 80 valence electrons. The van der Waals surface area contributed by atoms with Gasteiger partial charge in [0.15, 0.2) is 0 Å². The summed E-state index contributed by atoms with van der Waals surface area (Å²) in [5, 5.41) is 0. The largest absolute Gasteiger partial charge is 0.460 e. The quantitative estimate of drug-likeness (QED) is 0.544. The van der Waals surface area contributed by atoms with Gasteiger partial charge in [-0.15, -0.1) is 6.58 Å². The minimum atomic E-state index is -0.198. The van der Waals surface area contributed by atoms with Crippen molar-refractivity contribution in [1.29, 1.82) is 0 Å². The fourth-order valence-corrected chi connectivity index (χ4v) is 1.27. The van der Waals surface area contributed by atoms with Gasteiger partial charge in [0.05, 0.1) is 5.92 Å². The molecule has 0 aliphatic carbocycles. The summed E-state index contributed by atoms with van der Waals surface area (Å²) < 4.78 is 5.16. The van der Waals surface area contributed by atoms with E-state index in [2.05, 4.69) is 6.58 Å². The molecule has 0 spiro atoms. The van der Waals surface area contributed by atoms with Crippen LogP contribution in [-0.2, 0) is 16.1 Å². The summed E-state index contributed by atoms with van der Waals surface area (Å²) in [5.41, 5.74) is 1.00. The molecule has 2 nitrogen and oxygen atoms in total. The van der Waals surface area contributed by atoms with Crippen molar-refractivity contribution in [2.45, 2.75) is 20.0 Å². The van der Waals surface area contributed by atoms with Crippen molar-refractivity contribution in [3.63, 3.8) is 0 Å². The van der Waals surface area contributed by atoms with Crippen molar-refractivity contribution < 1.29 is 9.53 Å². The van der Waals surface area contributed by atoms with Crippen molar-refractivity contribution in [1.82, 2.24) is 0 Å². The summed E-state index contributed by atoms with van der Waals surface area (Å²) in [7, 11) is 0. The van der Waals surface area contributed by atoms with Crippen LogP contribution in [0.3, 0.4) is 0 Å². The third kappa shape index (κ3) is 3.58. The van der Waals surface area contributed by atoms with Gasteiger partial charge in [0.1, 0.15) is 6.61 Å². The van der Waals surface area contributed by atoms with Crippen molar-refractivity contribution >= 4 is 5.97 Å². The molecule has 2 heteroatoms. The standard InChI is InChI=1S/C13H16O2/c1-3-12(4-2)13(14)15-10-11-8-6-5-7-9-11/h3,5-9,12H,1,4,10H2,2H3. The maximum atomic E-state index is 11.5. The molecular weight excluding hydrogens is 188 g/mol. The molecule has 0 bridgehead atoms. The van der Waals surface area contributed by atoms with E-state index in [4.69, 9.17) is 4.74 Å². The molecule has 0 N–H and O–H groups in total. The number of rotatable bonds is 5. The van der Waals surface area contributed by atoms with E-state index in [0.717, 1.165) is 12.0 Å². The lowest BCUT2D eigenvalue weighted by atomic mass is 10.1. The van der Waals surface area contributed by atoms with Crippen LogP contribution in [0.15, 0.2) is 43.0 Å². The Bertz CT molecular complexity index is 317. The van der Waals surface area contributed by atoms with Gasteiger partial charge in [-0.05, 0) is 12.0 Å². The highest BCUT2D eigenvalue weighted by molar-refractivity contribution is 5.74. The second-order valence-corrected chi connectivity index (χ2v) is 3.34. The van der Waals surface area contributed by atoms with Crippen LogP contribution >= 0.6 is 0 Å². The molecule has 15 heavy (non-hydrogen) atoms. The highest BCUT2D eigenvalue weighted by Crippen LogP contribution is 2.08. The summed E-state index contributed by atoms with van der Waals surface area (Å²) in [5.74, 6) is -0.384. The summed E-state index contributed by atoms with van der Waals surface area (Å²) in [6, 6.07) is 9.65. The molecule has 0 saturated carbocycles. The highest BCUT2D eigenvalue weighted by Gasteiger charge is 2.13. The fraction of sp³-hybridized carbons (Fsp3) is 0.308. The first kappa shape index (κ1) is 11.5. The third-order valence-electron chi connectivity index (χ3n) is 2.25. The minimum Gasteiger partial charge on any atom is -0.460 e. The van der Waals surface area contributed by atoms with Crippen LogP contribution in [-0.4, -0.2) is 5.97 Å². The van der Waals surface area contributed by atoms with Crippen LogP contribution in [0.2, 0.25) is 0 Å². The SMILES string of the molecule is C=CC(CC)C(=O)OCc1ccccc1. The van der Waals surface area contributed by atoms with Gasteiger partial charge in [-0.25, -0.2) is 0 Å². The zero-order chi connectivity index (χ0) is 11.1. The molecule has 1 unspecified atom stereocenters. The van der Waals surface area contributed by atoms with Gasteiger partial charge >= 0.3 is 5.97 Å². The summed E-state index contributed by atoms with van der Waals surface area (Å²) in [6.07, 6.45) is 2.37. The van der Waals surface area contributed by atoms with E-state index in [1.54, 1.807) is 6.08 Å². The van der Waals surface area contributed by atoms with E-state index < -0.39 is 0 Å². The van der Waals surface area contributed by atoms with Gasteiger partial charge in [-0.3, -0.25) is 4.79 Å². The van der Waals surface area contributed by atoms with Gasteiger partial charge in [0, 0.05) is 0 Å². The van der Waals surface area contributed by atoms with Gasteiger partial charge in [-0.1, -0.05) is 43.3 Å². The van der Waals surface area contributed by atoms with Crippen LogP contribution < -0.4 is 0 Å². The molecule has 0 aromatic heterocycles. The predicted molar refractivity (Wildman–Crippen MR) is 60.2 cm³/mol. The zero-order valence-corrected chi connectivity index (χ0v) is 8.98. The number of benzene rings is 1. The molecule has 1 atom stereocenters. The molecule has 1 aromatic rings. The molecule has 0 saturated heterocycles. The monoisotopic (exact) mass is 204 g/mol. The first-order valence-corrected chi connectivity index (χ1v) is 5.11. The average molecular weight is 204 g/mol. The van der Waals surface area contributed by atoms with E-state index in [9.17, 15) is 4.79 Å². The van der Waals surface area contributed by atoms with Gasteiger partial charge < -0.3 is 4.74 Å². The summed E-state index contributed by atoms with van der Waals surface area (Å²) in [6.45, 7) is 5.89. The van der Waals surface area contributed by atoms with E-state index in [1.807, 2.05) is 37.3 Å². The minimum absolute atomic E-state index is 0.186. The van der Waals surface area contributed by atoms with Gasteiger partial charge in [0.25, 0.3) is 0 Å². The Kier molecular flexibility index (Phi) is 4.61. The van der Waals surface area contributed by atoms with E-state index >= 15 is 0 Å². The third-order valence-corrected chi connectivity index (χ3v) is 2.25. The Morgan fingerprint density at radius 1 is 1.47 bits per heavy atom. The van der Waals surface area contributed by atoms with Crippen LogP contribution in [0.1, 0.15) is 18.9 Å². The lowest BCUT2D eigenvalue weighted by molar-refractivity contribution is -0.148. The fourth-order valence-electron chi connectivity index (χ4n) is 1.27. The van der Waals surface area contributed by atoms with Crippen molar-refractivity contribution in [3.8, 4) is 0 Å². The molecule has 1 rings (SSSR count). The summed E-state index contributed by atoms with van der Waals surface area (Å²) >= 11 is 0. The number of ether oxygens (including phenoxy) is 1. The molecule has 1 aromatic carbocycles. The smallest absolute Gasteiger partial charge is 0.313 e. The second kappa shape index (κ2) is 6.02. The molecule has 0 radical (unpaired) electrons. The van der Waals surface area contributed by atoms with Crippen LogP contribution in [0, 0.1) is 5.92 Å². The molecule has 0 heterocycles. The maximum absolute atomic E-state index is 11.5. The number of hydrogen-bond acceptors (Lipinski definition) is 2. The number of esters is 1. The Morgan fingerprint density at radius 3 is 2.67 bits per heavy atom. The molecule has 0 aliphatic heterocycles. The molecular formula is C13H16O2. The van der Waals surface area contributed by atoms with E-state index in [0.29, 0.717) is 6.61 Å². The topological polar surface area (TPSA) is 26.3 Å². The van der Waals surface area contributed by atoms with Crippen LogP contribution in [0.4, 0.5) is 0 Å². The number of hydrogen-bond donors (Lipinski definition) is 0. The van der Waals surface area contributed by atoms with Crippen molar-refractivity contribution in [3.05, 3.63) is 48.6 Å². The van der Waals surface area contributed by atoms with Crippen LogP contribution in [0.25, 0.3) is 0 Å². The predicted octanol–water partition coefficient (Wildman–Crippen LogP) is 2.94. The summed E-state index contributed by atoms with van der Waals surface area (Å²) in [4.78, 5) is 11.5. The Labute approximate surface area is 90.6 Å². The molecule has 0 fully saturated rings. The van der Waals surface area contributed by atoms with Crippen molar-refractivity contribution in [2.75, 3.05) is 0 Å². The van der Waals surface area contributed by atoms with Gasteiger partial charge in [-0.2, -0.15) is 0 Å². The van der Waals surface area contributed by atoms with E-state index in [-0.39, 0.29) is 11.9 Å². The van der Waals surface area contributed by atoms with Crippen LogP contribution in [0.5, 0.6) is 0 Å². The normalized spacial score (nSPS) is 11.8. The average Bonchev–Trinajstić information content (AvgIpc) is 2.29. The van der Waals surface area contributed by atoms with Gasteiger partial charge in [0.2, 0.25) is 0 Å². The lowest BCUT2D eigenvalue weighted by Crippen LogP contribution is -2.14. The molecule has 0 amide bonds. The molecule has 0 aliphatic rings. The second-order valence-electron chi connectivity index (χ2n) is 3.34. The number of carbonyl (C=O) groups is 1. The Hall–Kier alpha value is -1.57. The zero-order valence-electron chi connectivity index (χ0n) is 8.98. The first-order chi connectivity index (χ1) is 7.27. The maximum Gasteiger partial charge on any atom is 0.313 e.